The van der Waals surface area contributed by atoms with Gasteiger partial charge >= 0.3 is 6.92 Å². The predicted octanol–water partition coefficient (Wildman–Crippen LogP) is 1.73. The van der Waals surface area contributed by atoms with Gasteiger partial charge in [0.25, 0.3) is 5.91 Å². The van der Waals surface area contributed by atoms with Crippen molar-refractivity contribution in [3.05, 3.63) is 0 Å². The van der Waals surface area contributed by atoms with Crippen LogP contribution >= 0.6 is 19.2 Å². The smallest absolute Gasteiger partial charge is 0.336 e. The molecule has 1 amide bonds. The van der Waals surface area contributed by atoms with E-state index in [1.54, 1.807) is 0 Å². The minimum absolute atomic E-state index is 0.0166. The lowest BCUT2D eigenvalue weighted by Gasteiger charge is -2.34. The Hall–Kier alpha value is 0.170. The van der Waals surface area contributed by atoms with E-state index in [1.165, 1.54) is 0 Å². The van der Waals surface area contributed by atoms with Crippen molar-refractivity contribution in [2.45, 2.75) is 44.7 Å². The highest BCUT2D eigenvalue weighted by molar-refractivity contribution is 8.49. The third-order valence-corrected chi connectivity index (χ3v) is 5.69. The third-order valence-electron chi connectivity index (χ3n) is 3.56. The number of hydrogen-bond acceptors (Lipinski definition) is 4. The topological polar surface area (TPSA) is 83.6 Å². The highest BCUT2D eigenvalue weighted by Gasteiger charge is 2.52. The first-order valence-corrected chi connectivity index (χ1v) is 8.65. The van der Waals surface area contributed by atoms with Crippen LogP contribution < -0.4 is 5.73 Å². The van der Waals surface area contributed by atoms with Gasteiger partial charge in [0.15, 0.2) is 0 Å². The minimum Gasteiger partial charge on any atom is -0.366 e. The molecule has 4 N–H and O–H groups in total. The van der Waals surface area contributed by atoms with Gasteiger partial charge < -0.3 is 5.73 Å². The third kappa shape index (κ3) is 3.33. The second-order valence-corrected chi connectivity index (χ2v) is 8.13. The Kier molecular flexibility index (Phi) is 5.05. The van der Waals surface area contributed by atoms with E-state index < -0.39 is 18.5 Å². The van der Waals surface area contributed by atoms with E-state index in [1.807, 2.05) is 0 Å². The fraction of sp³-hybridized carbons (Fsp3) is 0.900. The molecule has 0 heterocycles. The van der Waals surface area contributed by atoms with E-state index in [2.05, 4.69) is 19.2 Å². The van der Waals surface area contributed by atoms with Crippen molar-refractivity contribution in [3.63, 3.8) is 0 Å². The van der Waals surface area contributed by atoms with Crippen LogP contribution in [-0.2, 0) is 4.79 Å². The molecule has 1 aliphatic rings. The molecule has 0 aromatic heterocycles. The summed E-state index contributed by atoms with van der Waals surface area (Å²) in [6, 6.07) is 0. The number of hydrogen-bond donors (Lipinski definition) is 4. The van der Waals surface area contributed by atoms with Crippen LogP contribution in [0.25, 0.3) is 0 Å². The van der Waals surface area contributed by atoms with Crippen molar-refractivity contribution in [1.82, 2.24) is 0 Å². The Morgan fingerprint density at radius 3 is 2.50 bits per heavy atom. The van der Waals surface area contributed by atoms with Gasteiger partial charge in [-0.05, 0) is 12.3 Å². The van der Waals surface area contributed by atoms with Gasteiger partial charge in [0.05, 0.1) is 12.2 Å². The zero-order chi connectivity index (χ0) is 12.3. The Balaban J connectivity index is 2.87. The summed E-state index contributed by atoms with van der Waals surface area (Å²) in [7, 11) is 0. The van der Waals surface area contributed by atoms with Crippen molar-refractivity contribution >= 4 is 25.1 Å². The van der Waals surface area contributed by atoms with Crippen LogP contribution in [0.2, 0.25) is 0 Å². The van der Waals surface area contributed by atoms with Crippen LogP contribution in [0.4, 0.5) is 0 Å². The molecule has 1 aliphatic carbocycles. The van der Waals surface area contributed by atoms with Gasteiger partial charge in [-0.1, -0.05) is 32.6 Å². The first kappa shape index (κ1) is 14.2. The molecule has 0 aliphatic heterocycles. The fourth-order valence-electron chi connectivity index (χ4n) is 2.80. The van der Waals surface area contributed by atoms with E-state index in [0.29, 0.717) is 5.92 Å². The molecule has 3 atom stereocenters. The monoisotopic (exact) mass is 266 g/mol. The second kappa shape index (κ2) is 5.67. The van der Waals surface area contributed by atoms with Gasteiger partial charge in [0.1, 0.15) is 0 Å². The average molecular weight is 266 g/mol. The normalized spacial score (nSPS) is 28.8. The van der Waals surface area contributed by atoms with E-state index >= 15 is 0 Å². The number of amides is 1. The standard InChI is InChI=1S/C10H20NO3PS/c1-2-7-5-3-4-6-8(7)9(10(11)12)15(13,14)16/h7-9,13-14,16H,2-6H2,1H3,(H-,11,12)/p+1. The molecule has 0 saturated heterocycles. The van der Waals surface area contributed by atoms with Crippen LogP contribution in [0.15, 0.2) is 0 Å². The van der Waals surface area contributed by atoms with Crippen LogP contribution in [0.5, 0.6) is 0 Å². The molecule has 1 rings (SSSR count). The molecule has 0 aromatic rings. The van der Waals surface area contributed by atoms with Crippen molar-refractivity contribution in [2.75, 3.05) is 0 Å². The molecule has 3 unspecified atom stereocenters. The molecule has 16 heavy (non-hydrogen) atoms. The number of nitrogens with two attached hydrogens (primary N) is 1. The van der Waals surface area contributed by atoms with Crippen LogP contribution in [0, 0.1) is 11.8 Å². The van der Waals surface area contributed by atoms with Gasteiger partial charge in [-0.15, -0.1) is 0 Å². The minimum atomic E-state index is -3.48. The summed E-state index contributed by atoms with van der Waals surface area (Å²) in [6.45, 7) is -1.42. The van der Waals surface area contributed by atoms with Gasteiger partial charge in [0.2, 0.25) is 5.66 Å². The SMILES string of the molecule is CCC1CCCCC1C(C(N)=O)[P+](O)(O)S. The lowest BCUT2D eigenvalue weighted by molar-refractivity contribution is -0.119. The summed E-state index contributed by atoms with van der Waals surface area (Å²) < 4.78 is 0. The Bertz CT molecular complexity index is 257. The van der Waals surface area contributed by atoms with Crippen molar-refractivity contribution in [1.29, 1.82) is 0 Å². The number of carbonyl (C=O) groups is 1. The van der Waals surface area contributed by atoms with Gasteiger partial charge in [0, 0.05) is 5.92 Å². The molecule has 0 aromatic carbocycles. The van der Waals surface area contributed by atoms with Crippen LogP contribution in [-0.4, -0.2) is 21.4 Å². The van der Waals surface area contributed by atoms with Crippen molar-refractivity contribution in [3.8, 4) is 0 Å². The number of thiol groups is 1. The van der Waals surface area contributed by atoms with Gasteiger partial charge in [-0.2, -0.15) is 0 Å². The summed E-state index contributed by atoms with van der Waals surface area (Å²) >= 11 is 3.80. The number of carbonyl (C=O) groups excluding carboxylic acids is 1. The molecule has 4 nitrogen and oxygen atoms in total. The van der Waals surface area contributed by atoms with E-state index in [4.69, 9.17) is 5.73 Å². The Morgan fingerprint density at radius 1 is 1.50 bits per heavy atom. The van der Waals surface area contributed by atoms with Crippen molar-refractivity contribution < 1.29 is 14.6 Å². The molecule has 1 saturated carbocycles. The summed E-state index contributed by atoms with van der Waals surface area (Å²) in [4.78, 5) is 30.7. The maximum Gasteiger partial charge on any atom is 0.336 e. The molecule has 0 radical (unpaired) electrons. The quantitative estimate of drug-likeness (QED) is 0.462. The Labute approximate surface area is 102 Å². The summed E-state index contributed by atoms with van der Waals surface area (Å²) in [5.74, 6) is -0.284. The number of rotatable bonds is 4. The van der Waals surface area contributed by atoms with Crippen molar-refractivity contribution in [2.24, 2.45) is 17.6 Å². The van der Waals surface area contributed by atoms with Crippen LogP contribution in [0.3, 0.4) is 0 Å². The predicted molar refractivity (Wildman–Crippen MR) is 69.1 cm³/mol. The summed E-state index contributed by atoms with van der Waals surface area (Å²) in [5, 5.41) is 0. The van der Waals surface area contributed by atoms with E-state index in [0.717, 1.165) is 32.1 Å². The van der Waals surface area contributed by atoms with Crippen LogP contribution in [0.1, 0.15) is 39.0 Å². The lowest BCUT2D eigenvalue weighted by atomic mass is 9.76. The summed E-state index contributed by atoms with van der Waals surface area (Å²) in [6.07, 6.45) is 5.00. The van der Waals surface area contributed by atoms with Gasteiger partial charge in [-0.3, -0.25) is 4.79 Å². The van der Waals surface area contributed by atoms with E-state index in [-0.39, 0.29) is 5.92 Å². The maximum absolute atomic E-state index is 11.4. The molecule has 1 fully saturated rings. The fourth-order valence-corrected chi connectivity index (χ4v) is 4.90. The van der Waals surface area contributed by atoms with E-state index in [9.17, 15) is 14.6 Å². The molecule has 0 spiro atoms. The zero-order valence-electron chi connectivity index (χ0n) is 9.54. The lowest BCUT2D eigenvalue weighted by Crippen LogP contribution is -2.40. The maximum atomic E-state index is 11.4. The molecule has 94 valence electrons. The zero-order valence-corrected chi connectivity index (χ0v) is 11.3. The highest BCUT2D eigenvalue weighted by Crippen LogP contribution is 2.63. The molecule has 6 heteroatoms. The largest absolute Gasteiger partial charge is 0.366 e. The number of primary amides is 1. The molecule has 0 bridgehead atoms. The first-order valence-electron chi connectivity index (χ1n) is 5.74. The molecular weight excluding hydrogens is 245 g/mol. The Morgan fingerprint density at radius 2 is 2.06 bits per heavy atom. The average Bonchev–Trinajstić information content (AvgIpc) is 2.15. The highest BCUT2D eigenvalue weighted by atomic mass is 32.7. The molecular formula is C10H21NO3PS+. The van der Waals surface area contributed by atoms with Gasteiger partial charge in [-0.25, -0.2) is 9.79 Å². The first-order chi connectivity index (χ1) is 7.38. The second-order valence-electron chi connectivity index (χ2n) is 4.58. The summed E-state index contributed by atoms with van der Waals surface area (Å²) in [5.41, 5.74) is 4.42.